The van der Waals surface area contributed by atoms with Crippen LogP contribution in [0.2, 0.25) is 0 Å². The third-order valence-corrected chi connectivity index (χ3v) is 13.4. The van der Waals surface area contributed by atoms with Crippen molar-refractivity contribution in [2.45, 2.75) is 75.8 Å². The van der Waals surface area contributed by atoms with E-state index in [2.05, 4.69) is 58.7 Å². The normalized spacial score (nSPS) is 22.9. The summed E-state index contributed by atoms with van der Waals surface area (Å²) in [6, 6.07) is 27.9. The summed E-state index contributed by atoms with van der Waals surface area (Å²) in [5.74, 6) is 1.57. The van der Waals surface area contributed by atoms with Crippen LogP contribution in [0.3, 0.4) is 0 Å². The Kier molecular flexibility index (Phi) is 9.65. The number of aromatic amines is 2. The van der Waals surface area contributed by atoms with E-state index >= 15 is 0 Å². The van der Waals surface area contributed by atoms with E-state index in [-0.39, 0.29) is 36.0 Å². The molecule has 2 aliphatic carbocycles. The molecule has 8 atom stereocenters. The van der Waals surface area contributed by atoms with E-state index in [1.54, 1.807) is 48.5 Å². The molecule has 4 fully saturated rings. The van der Waals surface area contributed by atoms with Crippen molar-refractivity contribution in [3.63, 3.8) is 0 Å². The third kappa shape index (κ3) is 7.04. The molecule has 4 aliphatic rings. The van der Waals surface area contributed by atoms with Crippen molar-refractivity contribution >= 4 is 24.0 Å². The fraction of sp³-hybridized carbons (Fsp3) is 0.292. The Balaban J connectivity index is 0.849. The molecule has 2 saturated heterocycles. The number of piperidine rings is 2. The molecule has 62 heavy (non-hydrogen) atoms. The number of imidazole rings is 2. The predicted molar refractivity (Wildman–Crippen MR) is 229 cm³/mol. The number of fused-ring (bicyclic) bond motifs is 2. The molecule has 0 bridgehead atoms. The van der Waals surface area contributed by atoms with Crippen LogP contribution in [-0.4, -0.2) is 76.0 Å². The Morgan fingerprint density at radius 1 is 0.581 bits per heavy atom. The van der Waals surface area contributed by atoms with Gasteiger partial charge in [-0.2, -0.15) is 0 Å². The summed E-state index contributed by atoms with van der Waals surface area (Å²) in [5, 5.41) is 24.1. The van der Waals surface area contributed by atoms with Gasteiger partial charge < -0.3 is 40.6 Å². The van der Waals surface area contributed by atoms with Crippen LogP contribution < -0.4 is 10.6 Å². The summed E-state index contributed by atoms with van der Waals surface area (Å²) in [4.78, 5) is 72.0. The van der Waals surface area contributed by atoms with E-state index in [1.807, 2.05) is 46.5 Å². The van der Waals surface area contributed by atoms with Gasteiger partial charge in [0.25, 0.3) is 11.8 Å². The molecule has 4 amide bonds. The Labute approximate surface area is 357 Å². The van der Waals surface area contributed by atoms with Gasteiger partial charge in [-0.05, 0) is 84.7 Å². The highest BCUT2D eigenvalue weighted by atomic mass is 16.4. The number of nitrogens with one attached hydrogen (secondary N) is 4. The van der Waals surface area contributed by atoms with Gasteiger partial charge in [-0.25, -0.2) is 19.6 Å². The molecular formula is C48H46N8O6. The molecule has 6 N–H and O–H groups in total. The first-order valence-corrected chi connectivity index (χ1v) is 21.1. The first kappa shape index (κ1) is 38.9. The molecule has 10 rings (SSSR count). The van der Waals surface area contributed by atoms with Crippen molar-refractivity contribution in [2.24, 2.45) is 11.8 Å². The maximum Gasteiger partial charge on any atom is 0.405 e. The molecule has 2 aromatic heterocycles. The van der Waals surface area contributed by atoms with Gasteiger partial charge in [0.05, 0.1) is 23.5 Å². The van der Waals surface area contributed by atoms with E-state index in [4.69, 9.17) is 9.97 Å². The number of hydrogen-bond donors (Lipinski definition) is 6. The molecule has 314 valence electrons. The largest absolute Gasteiger partial charge is 0.465 e. The number of carbonyl (C=O) groups excluding carboxylic acids is 2. The van der Waals surface area contributed by atoms with Crippen LogP contribution in [0.1, 0.15) is 83.8 Å². The van der Waals surface area contributed by atoms with Crippen molar-refractivity contribution in [3.8, 4) is 33.6 Å². The SMILES string of the molecule is Cc1c(-c2ccc(-c3c[nH]c([C@@H]4C[C@H]5CC5N4C(=O)[C@H](NC(=O)O)c4ccccc4)n3)cc2)ccc(-c2c[nH]c([C@@H]3C[C@H]4CC4N3C(=O)[C@H](NC(=O)O)c3ccccc3)n2)c1C. The molecule has 6 aromatic rings. The number of carboxylic acid groups (broad SMARTS) is 2. The van der Waals surface area contributed by atoms with Gasteiger partial charge in [-0.15, -0.1) is 0 Å². The number of nitrogens with zero attached hydrogens (tertiary/aromatic N) is 4. The average molecular weight is 831 g/mol. The fourth-order valence-corrected chi connectivity index (χ4v) is 9.98. The highest BCUT2D eigenvalue weighted by Crippen LogP contribution is 2.55. The van der Waals surface area contributed by atoms with Crippen LogP contribution in [0.5, 0.6) is 0 Å². The van der Waals surface area contributed by atoms with Crippen LogP contribution in [0.4, 0.5) is 9.59 Å². The minimum absolute atomic E-state index is 0.0642. The van der Waals surface area contributed by atoms with E-state index in [0.29, 0.717) is 34.6 Å². The number of amides is 4. The zero-order chi connectivity index (χ0) is 42.8. The first-order valence-electron chi connectivity index (χ1n) is 21.1. The monoisotopic (exact) mass is 830 g/mol. The van der Waals surface area contributed by atoms with Gasteiger partial charge >= 0.3 is 12.2 Å². The van der Waals surface area contributed by atoms with Crippen LogP contribution in [0.25, 0.3) is 33.6 Å². The summed E-state index contributed by atoms with van der Waals surface area (Å²) in [5.41, 5.74) is 8.98. The van der Waals surface area contributed by atoms with Gasteiger partial charge in [0.2, 0.25) is 0 Å². The quantitative estimate of drug-likeness (QED) is 0.0753. The molecule has 2 aliphatic heterocycles. The maximum absolute atomic E-state index is 14.1. The third-order valence-electron chi connectivity index (χ3n) is 13.4. The number of likely N-dealkylation sites (tertiary alicyclic amines) is 2. The lowest BCUT2D eigenvalue weighted by Crippen LogP contribution is -2.44. The Bertz CT molecular complexity index is 2700. The van der Waals surface area contributed by atoms with Crippen LogP contribution >= 0.6 is 0 Å². The second-order valence-electron chi connectivity index (χ2n) is 17.0. The Morgan fingerprint density at radius 3 is 1.52 bits per heavy atom. The Morgan fingerprint density at radius 2 is 1.02 bits per heavy atom. The zero-order valence-electron chi connectivity index (χ0n) is 34.2. The lowest BCUT2D eigenvalue weighted by Gasteiger charge is -2.30. The van der Waals surface area contributed by atoms with Crippen molar-refractivity contribution < 1.29 is 29.4 Å². The van der Waals surface area contributed by atoms with E-state index < -0.39 is 24.3 Å². The molecule has 2 unspecified atom stereocenters. The minimum atomic E-state index is -1.25. The first-order chi connectivity index (χ1) is 30.0. The summed E-state index contributed by atoms with van der Waals surface area (Å²) in [7, 11) is 0. The summed E-state index contributed by atoms with van der Waals surface area (Å²) in [6.45, 7) is 4.19. The maximum atomic E-state index is 14.1. The number of hydrogen-bond acceptors (Lipinski definition) is 6. The van der Waals surface area contributed by atoms with E-state index in [9.17, 15) is 29.4 Å². The topological polar surface area (TPSA) is 197 Å². The molecule has 4 heterocycles. The van der Waals surface area contributed by atoms with Crippen molar-refractivity contribution in [2.75, 3.05) is 0 Å². The number of aromatic nitrogens is 4. The number of rotatable bonds is 11. The van der Waals surface area contributed by atoms with Crippen LogP contribution in [0, 0.1) is 25.7 Å². The van der Waals surface area contributed by atoms with E-state index in [1.165, 1.54) is 0 Å². The van der Waals surface area contributed by atoms with Gasteiger partial charge in [-0.3, -0.25) is 9.59 Å². The summed E-state index contributed by atoms with van der Waals surface area (Å²) < 4.78 is 0. The van der Waals surface area contributed by atoms with Gasteiger partial charge in [-0.1, -0.05) is 97.1 Å². The van der Waals surface area contributed by atoms with Crippen molar-refractivity contribution in [1.29, 1.82) is 0 Å². The molecule has 14 heteroatoms. The predicted octanol–water partition coefficient (Wildman–Crippen LogP) is 8.09. The number of benzene rings is 4. The second-order valence-corrected chi connectivity index (χ2v) is 17.0. The standard InChI is InChI=1S/C48H46N8O6/c1-25-26(2)34(36-24-50-44(52-36)40-22-32-20-38(32)56(40)46(58)42(54-48(61)62)30-11-7-4-8-12-30)18-17-33(25)27-13-15-28(16-14-27)35-23-49-43(51-35)39-21-31-19-37(31)55(39)45(57)41(53-47(59)60)29-9-5-3-6-10-29/h3-18,23-24,31-32,37-42,53-54H,19-22H2,1-2H3,(H,49,51)(H,50,52)(H,59,60)(H,61,62)/t31-,32-,37?,38?,39+,40+,41-,42-/m1/s1. The van der Waals surface area contributed by atoms with Gasteiger partial charge in [0, 0.05) is 35.6 Å². The lowest BCUT2D eigenvalue weighted by molar-refractivity contribution is -0.136. The number of H-pyrrole nitrogens is 2. The summed E-state index contributed by atoms with van der Waals surface area (Å²) >= 11 is 0. The number of carbonyl (C=O) groups is 4. The lowest BCUT2D eigenvalue weighted by atomic mass is 9.92. The van der Waals surface area contributed by atoms with Crippen LogP contribution in [0.15, 0.2) is 109 Å². The zero-order valence-corrected chi connectivity index (χ0v) is 34.2. The molecule has 0 spiro atoms. The van der Waals surface area contributed by atoms with Crippen LogP contribution in [-0.2, 0) is 9.59 Å². The van der Waals surface area contributed by atoms with Gasteiger partial charge in [0.1, 0.15) is 23.7 Å². The minimum Gasteiger partial charge on any atom is -0.465 e. The fourth-order valence-electron chi connectivity index (χ4n) is 9.98. The molecule has 14 nitrogen and oxygen atoms in total. The van der Waals surface area contributed by atoms with E-state index in [0.717, 1.165) is 70.5 Å². The summed E-state index contributed by atoms with van der Waals surface area (Å²) in [6.07, 6.45) is 4.60. The molecule has 0 radical (unpaired) electrons. The van der Waals surface area contributed by atoms with Crippen molar-refractivity contribution in [1.82, 2.24) is 40.4 Å². The second kappa shape index (κ2) is 15.4. The van der Waals surface area contributed by atoms with Gasteiger partial charge in [0.15, 0.2) is 0 Å². The van der Waals surface area contributed by atoms with Crippen molar-refractivity contribution in [3.05, 3.63) is 143 Å². The smallest absolute Gasteiger partial charge is 0.405 e. The molecule has 2 saturated carbocycles. The Hall–Kier alpha value is -7.22. The molecule has 4 aromatic carbocycles. The highest BCUT2D eigenvalue weighted by molar-refractivity contribution is 5.89. The average Bonchev–Trinajstić information content (AvgIpc) is 3.86. The highest BCUT2D eigenvalue weighted by Gasteiger charge is 2.57. The molecular weight excluding hydrogens is 785 g/mol.